The topological polar surface area (TPSA) is 149 Å². The van der Waals surface area contributed by atoms with Crippen molar-refractivity contribution in [3.05, 3.63) is 24.3 Å². The lowest BCUT2D eigenvalue weighted by Gasteiger charge is -2.40. The molecule has 1 fully saturated rings. The number of rotatable bonds is 44. The normalized spacial score (nSPS) is 20.5. The van der Waals surface area contributed by atoms with Gasteiger partial charge in [-0.1, -0.05) is 218 Å². The molecule has 360 valence electrons. The number of amides is 1. The molecule has 1 aliphatic heterocycles. The molecule has 0 aliphatic carbocycles. The van der Waals surface area contributed by atoms with Crippen LogP contribution in [0.1, 0.15) is 245 Å². The average Bonchev–Trinajstić information content (AvgIpc) is 3.26. The second-order valence-electron chi connectivity index (χ2n) is 18.3. The molecule has 1 aliphatic rings. The summed E-state index contributed by atoms with van der Waals surface area (Å²) in [6, 6.07) is -0.806. The van der Waals surface area contributed by atoms with Crippen LogP contribution in [0.5, 0.6) is 0 Å². The van der Waals surface area contributed by atoms with E-state index in [4.69, 9.17) is 9.47 Å². The van der Waals surface area contributed by atoms with Crippen LogP contribution in [-0.2, 0) is 14.3 Å². The smallest absolute Gasteiger partial charge is 0.220 e. The summed E-state index contributed by atoms with van der Waals surface area (Å²) in [5.74, 6) is -0.184. The van der Waals surface area contributed by atoms with Gasteiger partial charge in [-0.25, -0.2) is 0 Å². The number of allylic oxidation sites excluding steroid dienone is 3. The molecule has 0 aromatic heterocycles. The summed E-state index contributed by atoms with van der Waals surface area (Å²) in [7, 11) is 0. The van der Waals surface area contributed by atoms with Gasteiger partial charge in [0.1, 0.15) is 24.4 Å². The van der Waals surface area contributed by atoms with Crippen molar-refractivity contribution >= 4 is 5.91 Å². The van der Waals surface area contributed by atoms with Gasteiger partial charge in [-0.15, -0.1) is 0 Å². The van der Waals surface area contributed by atoms with E-state index in [1.807, 2.05) is 6.08 Å². The van der Waals surface area contributed by atoms with Crippen LogP contribution in [0.3, 0.4) is 0 Å². The van der Waals surface area contributed by atoms with E-state index in [9.17, 15) is 30.3 Å². The first-order chi connectivity index (χ1) is 29.8. The van der Waals surface area contributed by atoms with Crippen LogP contribution in [0.15, 0.2) is 24.3 Å². The summed E-state index contributed by atoms with van der Waals surface area (Å²) < 4.78 is 11.2. The predicted octanol–water partition coefficient (Wildman–Crippen LogP) is 11.8. The van der Waals surface area contributed by atoms with Gasteiger partial charge in [0.05, 0.1) is 25.4 Å². The molecule has 0 spiro atoms. The zero-order chi connectivity index (χ0) is 44.4. The summed E-state index contributed by atoms with van der Waals surface area (Å²) in [6.45, 7) is 3.78. The van der Waals surface area contributed by atoms with E-state index in [1.165, 1.54) is 167 Å². The molecule has 0 radical (unpaired) electrons. The maximum atomic E-state index is 13.0. The lowest BCUT2D eigenvalue weighted by molar-refractivity contribution is -0.302. The first-order valence-electron chi connectivity index (χ1n) is 26.1. The highest BCUT2D eigenvalue weighted by Crippen LogP contribution is 2.23. The van der Waals surface area contributed by atoms with Gasteiger partial charge < -0.3 is 40.3 Å². The Morgan fingerprint density at radius 2 is 0.918 bits per heavy atom. The molecule has 7 atom stereocenters. The molecule has 1 heterocycles. The van der Waals surface area contributed by atoms with E-state index in [0.29, 0.717) is 6.42 Å². The minimum absolute atomic E-state index is 0.184. The Balaban J connectivity index is 2.26. The molecule has 6 N–H and O–H groups in total. The highest BCUT2D eigenvalue weighted by molar-refractivity contribution is 5.76. The number of nitrogens with one attached hydrogen (secondary N) is 1. The molecule has 1 rings (SSSR count). The van der Waals surface area contributed by atoms with Crippen LogP contribution >= 0.6 is 0 Å². The maximum Gasteiger partial charge on any atom is 0.220 e. The molecule has 1 saturated heterocycles. The molecule has 61 heavy (non-hydrogen) atoms. The minimum atomic E-state index is -1.57. The van der Waals surface area contributed by atoms with Crippen molar-refractivity contribution in [2.75, 3.05) is 13.2 Å². The number of unbranched alkanes of at least 4 members (excludes halogenated alkanes) is 32. The summed E-state index contributed by atoms with van der Waals surface area (Å²) in [5, 5.41) is 54.3. The Morgan fingerprint density at radius 3 is 1.33 bits per heavy atom. The molecule has 0 aromatic rings. The Labute approximate surface area is 375 Å². The third kappa shape index (κ3) is 32.9. The predicted molar refractivity (Wildman–Crippen MR) is 253 cm³/mol. The maximum absolute atomic E-state index is 13.0. The Kier molecular flexibility index (Phi) is 40.3. The molecule has 0 saturated carbocycles. The SMILES string of the molecule is CCCCCCC/C=C\CCCCCCCC(=O)NC(COC1OC(CO)C(O)C(O)C1O)C(O)/C=C/CCCCCCCCCCCCCCCCCCCCCCCC. The van der Waals surface area contributed by atoms with E-state index >= 15 is 0 Å². The number of carbonyl (C=O) groups excluding carboxylic acids is 1. The van der Waals surface area contributed by atoms with Crippen molar-refractivity contribution < 1.29 is 39.8 Å². The summed E-state index contributed by atoms with van der Waals surface area (Å²) >= 11 is 0. The second kappa shape index (κ2) is 42.6. The summed E-state index contributed by atoms with van der Waals surface area (Å²) in [6.07, 6.45) is 45.2. The number of ether oxygens (including phenoxy) is 2. The van der Waals surface area contributed by atoms with Crippen LogP contribution in [-0.4, -0.2) is 87.5 Å². The Hall–Kier alpha value is -1.33. The van der Waals surface area contributed by atoms with E-state index in [1.54, 1.807) is 6.08 Å². The summed E-state index contributed by atoms with van der Waals surface area (Å²) in [4.78, 5) is 13.0. The van der Waals surface area contributed by atoms with E-state index in [-0.39, 0.29) is 12.5 Å². The molecular weight excluding hydrogens is 767 g/mol. The quantitative estimate of drug-likeness (QED) is 0.0262. The number of hydrogen-bond donors (Lipinski definition) is 6. The molecular formula is C52H99NO8. The van der Waals surface area contributed by atoms with E-state index in [2.05, 4.69) is 31.3 Å². The third-order valence-electron chi connectivity index (χ3n) is 12.5. The molecule has 9 heteroatoms. The van der Waals surface area contributed by atoms with E-state index < -0.39 is 49.5 Å². The van der Waals surface area contributed by atoms with Crippen LogP contribution in [0, 0.1) is 0 Å². The van der Waals surface area contributed by atoms with Crippen LogP contribution in [0.2, 0.25) is 0 Å². The van der Waals surface area contributed by atoms with Gasteiger partial charge in [-0.05, 0) is 44.9 Å². The molecule has 9 nitrogen and oxygen atoms in total. The van der Waals surface area contributed by atoms with Crippen molar-refractivity contribution in [1.29, 1.82) is 0 Å². The van der Waals surface area contributed by atoms with Crippen molar-refractivity contribution in [1.82, 2.24) is 5.32 Å². The van der Waals surface area contributed by atoms with Crippen LogP contribution in [0.4, 0.5) is 0 Å². The highest BCUT2D eigenvalue weighted by Gasteiger charge is 2.44. The fourth-order valence-electron chi connectivity index (χ4n) is 8.33. The summed E-state index contributed by atoms with van der Waals surface area (Å²) in [5.41, 5.74) is 0. The number of hydrogen-bond acceptors (Lipinski definition) is 8. The van der Waals surface area contributed by atoms with Gasteiger partial charge in [0.25, 0.3) is 0 Å². The zero-order valence-corrected chi connectivity index (χ0v) is 39.7. The number of carbonyl (C=O) groups is 1. The fraction of sp³-hybridized carbons (Fsp3) is 0.904. The minimum Gasteiger partial charge on any atom is -0.394 e. The molecule has 0 bridgehead atoms. The van der Waals surface area contributed by atoms with Gasteiger partial charge in [-0.2, -0.15) is 0 Å². The van der Waals surface area contributed by atoms with Gasteiger partial charge >= 0.3 is 0 Å². The van der Waals surface area contributed by atoms with Gasteiger partial charge in [0, 0.05) is 6.42 Å². The number of aliphatic hydroxyl groups is 5. The van der Waals surface area contributed by atoms with Gasteiger partial charge in [-0.3, -0.25) is 4.79 Å². The van der Waals surface area contributed by atoms with E-state index in [0.717, 1.165) is 57.8 Å². The Bertz CT molecular complexity index is 1010. The molecule has 0 aromatic carbocycles. The first-order valence-corrected chi connectivity index (χ1v) is 26.1. The lowest BCUT2D eigenvalue weighted by Crippen LogP contribution is -2.60. The van der Waals surface area contributed by atoms with Crippen molar-refractivity contribution in [3.8, 4) is 0 Å². The fourth-order valence-corrected chi connectivity index (χ4v) is 8.33. The Morgan fingerprint density at radius 1 is 0.541 bits per heavy atom. The first kappa shape index (κ1) is 57.7. The van der Waals surface area contributed by atoms with Crippen molar-refractivity contribution in [3.63, 3.8) is 0 Å². The third-order valence-corrected chi connectivity index (χ3v) is 12.5. The van der Waals surface area contributed by atoms with Crippen LogP contribution in [0.25, 0.3) is 0 Å². The average molecular weight is 866 g/mol. The highest BCUT2D eigenvalue weighted by atomic mass is 16.7. The second-order valence-corrected chi connectivity index (χ2v) is 18.3. The lowest BCUT2D eigenvalue weighted by atomic mass is 9.99. The standard InChI is InChI=1S/C52H99NO8/c1-3-5-7-9-11-13-15-17-19-20-21-22-23-24-25-26-27-28-29-31-33-35-37-39-41-46(55)45(44-60-52-51(59)50(58)49(57)47(43-54)61-52)53-48(56)42-40-38-36-34-32-30-18-16-14-12-10-8-6-4-2/h16,18,39,41,45-47,49-52,54-55,57-59H,3-15,17,19-38,40,42-44H2,1-2H3,(H,53,56)/b18-16-,41-39+. The van der Waals surface area contributed by atoms with Crippen LogP contribution < -0.4 is 5.32 Å². The molecule has 1 amide bonds. The van der Waals surface area contributed by atoms with Gasteiger partial charge in [0.2, 0.25) is 5.91 Å². The monoisotopic (exact) mass is 866 g/mol. The van der Waals surface area contributed by atoms with Crippen molar-refractivity contribution in [2.24, 2.45) is 0 Å². The van der Waals surface area contributed by atoms with Gasteiger partial charge in [0.15, 0.2) is 6.29 Å². The largest absolute Gasteiger partial charge is 0.394 e. The van der Waals surface area contributed by atoms with Crippen molar-refractivity contribution in [2.45, 2.75) is 288 Å². The zero-order valence-electron chi connectivity index (χ0n) is 39.7. The number of aliphatic hydroxyl groups excluding tert-OH is 5. The molecule has 7 unspecified atom stereocenters.